The first-order valence-electron chi connectivity index (χ1n) is 7.58. The number of hydrogen-bond donors (Lipinski definition) is 1. The molecular weight excluding hydrogens is 286 g/mol. The topological polar surface area (TPSA) is 59.4 Å². The fraction of sp³-hybridized carbons (Fsp3) is 0.167. The van der Waals surface area contributed by atoms with Crippen LogP contribution in [0.1, 0.15) is 17.0 Å². The summed E-state index contributed by atoms with van der Waals surface area (Å²) in [5.74, 6) is 0. The minimum absolute atomic E-state index is 0.776. The molecule has 1 N–H and O–H groups in total. The Hall–Kier alpha value is -2.95. The highest BCUT2D eigenvalue weighted by Gasteiger charge is 2.10. The fourth-order valence-electron chi connectivity index (χ4n) is 2.93. The molecule has 0 atom stereocenters. The van der Waals surface area contributed by atoms with Gasteiger partial charge in [0.1, 0.15) is 0 Å². The molecule has 3 heterocycles. The summed E-state index contributed by atoms with van der Waals surface area (Å²) in [5.41, 5.74) is 6.40. The van der Waals surface area contributed by atoms with E-state index in [1.807, 2.05) is 43.2 Å². The van der Waals surface area contributed by atoms with Gasteiger partial charge in [-0.2, -0.15) is 10.2 Å². The molecule has 0 unspecified atom stereocenters. The number of benzene rings is 1. The van der Waals surface area contributed by atoms with E-state index < -0.39 is 0 Å². The van der Waals surface area contributed by atoms with Gasteiger partial charge in [-0.25, -0.2) is 0 Å². The van der Waals surface area contributed by atoms with Crippen molar-refractivity contribution >= 4 is 10.9 Å². The van der Waals surface area contributed by atoms with Crippen LogP contribution in [-0.4, -0.2) is 25.0 Å². The van der Waals surface area contributed by atoms with Crippen LogP contribution in [0, 0.1) is 6.92 Å². The van der Waals surface area contributed by atoms with Crippen molar-refractivity contribution in [2.24, 2.45) is 7.05 Å². The fourth-order valence-corrected chi connectivity index (χ4v) is 2.93. The number of aromatic amines is 1. The van der Waals surface area contributed by atoms with Crippen LogP contribution >= 0.6 is 0 Å². The van der Waals surface area contributed by atoms with Crippen LogP contribution in [0.3, 0.4) is 0 Å². The second-order valence-corrected chi connectivity index (χ2v) is 5.75. The zero-order chi connectivity index (χ0) is 15.8. The van der Waals surface area contributed by atoms with E-state index >= 15 is 0 Å². The monoisotopic (exact) mass is 303 g/mol. The second-order valence-electron chi connectivity index (χ2n) is 5.75. The molecule has 0 spiro atoms. The molecule has 0 radical (unpaired) electrons. The summed E-state index contributed by atoms with van der Waals surface area (Å²) in [7, 11) is 1.93. The van der Waals surface area contributed by atoms with Gasteiger partial charge in [0.2, 0.25) is 0 Å². The summed E-state index contributed by atoms with van der Waals surface area (Å²) in [4.78, 5) is 4.56. The number of hydrogen-bond acceptors (Lipinski definition) is 3. The third-order valence-electron chi connectivity index (χ3n) is 4.03. The number of rotatable bonds is 3. The predicted octanol–water partition coefficient (Wildman–Crippen LogP) is 3.26. The molecule has 23 heavy (non-hydrogen) atoms. The molecule has 0 aliphatic heterocycles. The van der Waals surface area contributed by atoms with Gasteiger partial charge in [0, 0.05) is 42.5 Å². The highest BCUT2D eigenvalue weighted by molar-refractivity contribution is 5.83. The highest BCUT2D eigenvalue weighted by atomic mass is 15.2. The van der Waals surface area contributed by atoms with E-state index in [0.717, 1.165) is 40.0 Å². The van der Waals surface area contributed by atoms with Crippen molar-refractivity contribution in [1.29, 1.82) is 0 Å². The Morgan fingerprint density at radius 2 is 2.09 bits per heavy atom. The van der Waals surface area contributed by atoms with Crippen LogP contribution in [0.4, 0.5) is 0 Å². The van der Waals surface area contributed by atoms with Crippen molar-refractivity contribution in [3.05, 3.63) is 65.7 Å². The van der Waals surface area contributed by atoms with Crippen LogP contribution in [0.15, 0.2) is 48.8 Å². The quantitative estimate of drug-likeness (QED) is 0.632. The number of fused-ring (bicyclic) bond motifs is 1. The number of nitrogens with zero attached hydrogens (tertiary/aromatic N) is 4. The highest BCUT2D eigenvalue weighted by Crippen LogP contribution is 2.23. The lowest BCUT2D eigenvalue weighted by Crippen LogP contribution is -1.94. The maximum Gasteiger partial charge on any atom is 0.0957 e. The van der Waals surface area contributed by atoms with Crippen LogP contribution in [0.25, 0.3) is 22.2 Å². The van der Waals surface area contributed by atoms with E-state index in [2.05, 4.69) is 44.5 Å². The third-order valence-corrected chi connectivity index (χ3v) is 4.03. The number of aromatic nitrogens is 5. The van der Waals surface area contributed by atoms with Gasteiger partial charge < -0.3 is 0 Å². The molecule has 0 bridgehead atoms. The SMILES string of the molecule is Cc1[nH]nc2ccnc(Cc3cccc(-c4ccn(C)n4)c3)c12. The second kappa shape index (κ2) is 5.35. The Balaban J connectivity index is 1.72. The average Bonchev–Trinajstić information content (AvgIpc) is 3.15. The van der Waals surface area contributed by atoms with E-state index in [4.69, 9.17) is 0 Å². The molecule has 1 aromatic carbocycles. The Morgan fingerprint density at radius 3 is 2.91 bits per heavy atom. The first-order chi connectivity index (χ1) is 11.2. The van der Waals surface area contributed by atoms with E-state index in [0.29, 0.717) is 0 Å². The van der Waals surface area contributed by atoms with Gasteiger partial charge in [0.15, 0.2) is 0 Å². The minimum Gasteiger partial charge on any atom is -0.282 e. The van der Waals surface area contributed by atoms with Crippen LogP contribution in [-0.2, 0) is 13.5 Å². The lowest BCUT2D eigenvalue weighted by molar-refractivity contribution is 0.771. The smallest absolute Gasteiger partial charge is 0.0957 e. The summed E-state index contributed by atoms with van der Waals surface area (Å²) in [5, 5.41) is 12.9. The van der Waals surface area contributed by atoms with E-state index in [1.165, 1.54) is 5.56 Å². The lowest BCUT2D eigenvalue weighted by Gasteiger charge is -2.05. The molecule has 0 fully saturated rings. The predicted molar refractivity (Wildman–Crippen MR) is 90.1 cm³/mol. The Morgan fingerprint density at radius 1 is 1.17 bits per heavy atom. The van der Waals surface area contributed by atoms with Crippen molar-refractivity contribution in [3.8, 4) is 11.3 Å². The van der Waals surface area contributed by atoms with Gasteiger partial charge in [-0.1, -0.05) is 18.2 Å². The van der Waals surface area contributed by atoms with E-state index in [1.54, 1.807) is 0 Å². The Labute approximate surface area is 134 Å². The summed E-state index contributed by atoms with van der Waals surface area (Å²) < 4.78 is 1.82. The standard InChI is InChI=1S/C18H17N5/c1-12-18-16(21-20-12)6-8-19-17(18)11-13-4-3-5-14(10-13)15-7-9-23(2)22-15/h3-10H,11H2,1-2H3,(H,20,21). The molecule has 3 aromatic heterocycles. The maximum atomic E-state index is 4.56. The van der Waals surface area contributed by atoms with Gasteiger partial charge in [-0.05, 0) is 30.7 Å². The van der Waals surface area contributed by atoms with E-state index in [9.17, 15) is 0 Å². The van der Waals surface area contributed by atoms with Gasteiger partial charge in [0.25, 0.3) is 0 Å². The van der Waals surface area contributed by atoms with Gasteiger partial charge in [-0.15, -0.1) is 0 Å². The summed E-state index contributed by atoms with van der Waals surface area (Å²) >= 11 is 0. The molecule has 0 aliphatic rings. The number of H-pyrrole nitrogens is 1. The zero-order valence-electron chi connectivity index (χ0n) is 13.1. The normalized spacial score (nSPS) is 11.2. The molecule has 0 saturated carbocycles. The number of pyridine rings is 1. The van der Waals surface area contributed by atoms with Crippen LogP contribution in [0.5, 0.6) is 0 Å². The first kappa shape index (κ1) is 13.7. The molecule has 0 aliphatic carbocycles. The molecule has 114 valence electrons. The molecule has 5 nitrogen and oxygen atoms in total. The Bertz CT molecular complexity index is 980. The molecule has 4 aromatic rings. The number of nitrogens with one attached hydrogen (secondary N) is 1. The number of aryl methyl sites for hydroxylation is 2. The van der Waals surface area contributed by atoms with Gasteiger partial charge in [-0.3, -0.25) is 14.8 Å². The Kier molecular flexibility index (Phi) is 3.19. The van der Waals surface area contributed by atoms with Crippen LogP contribution < -0.4 is 0 Å². The summed E-state index contributed by atoms with van der Waals surface area (Å²) in [6, 6.07) is 12.4. The lowest BCUT2D eigenvalue weighted by atomic mass is 10.0. The van der Waals surface area contributed by atoms with Gasteiger partial charge >= 0.3 is 0 Å². The molecule has 0 amide bonds. The molecule has 4 rings (SSSR count). The largest absolute Gasteiger partial charge is 0.282 e. The van der Waals surface area contributed by atoms with Crippen molar-refractivity contribution in [3.63, 3.8) is 0 Å². The van der Waals surface area contributed by atoms with Gasteiger partial charge in [0.05, 0.1) is 16.9 Å². The van der Waals surface area contributed by atoms with E-state index in [-0.39, 0.29) is 0 Å². The molecule has 0 saturated heterocycles. The average molecular weight is 303 g/mol. The maximum absolute atomic E-state index is 4.56. The zero-order valence-corrected chi connectivity index (χ0v) is 13.1. The minimum atomic E-state index is 0.776. The summed E-state index contributed by atoms with van der Waals surface area (Å²) in [6.45, 7) is 2.03. The molecule has 5 heteroatoms. The van der Waals surface area contributed by atoms with Crippen molar-refractivity contribution in [2.75, 3.05) is 0 Å². The van der Waals surface area contributed by atoms with Crippen LogP contribution in [0.2, 0.25) is 0 Å². The first-order valence-corrected chi connectivity index (χ1v) is 7.58. The van der Waals surface area contributed by atoms with Crippen molar-refractivity contribution < 1.29 is 0 Å². The molecular formula is C18H17N5. The van der Waals surface area contributed by atoms with Crippen molar-refractivity contribution in [1.82, 2.24) is 25.0 Å². The van der Waals surface area contributed by atoms with Crippen molar-refractivity contribution in [2.45, 2.75) is 13.3 Å². The summed E-state index contributed by atoms with van der Waals surface area (Å²) in [6.07, 6.45) is 4.55. The third kappa shape index (κ3) is 2.50.